The maximum absolute atomic E-state index is 12.5. The SMILES string of the molecule is FC(F)(F)c1ccc(C=Nc2ccc(-c3ccccc3)cc2)cc1. The number of rotatable bonds is 3. The third-order valence-corrected chi connectivity index (χ3v) is 3.58. The molecule has 120 valence electrons. The molecule has 0 atom stereocenters. The maximum atomic E-state index is 12.5. The quantitative estimate of drug-likeness (QED) is 0.514. The summed E-state index contributed by atoms with van der Waals surface area (Å²) in [5.41, 5.74) is 2.91. The van der Waals surface area contributed by atoms with Gasteiger partial charge >= 0.3 is 6.18 Å². The number of aliphatic imine (C=N–C) groups is 1. The third-order valence-electron chi connectivity index (χ3n) is 3.58. The summed E-state index contributed by atoms with van der Waals surface area (Å²) in [7, 11) is 0. The standard InChI is InChI=1S/C20H14F3N/c21-20(22,23)18-10-6-15(7-11-18)14-24-19-12-8-17(9-13-19)16-4-2-1-3-5-16/h1-14H. The van der Waals surface area contributed by atoms with Gasteiger partial charge in [-0.3, -0.25) is 4.99 Å². The molecule has 4 heteroatoms. The Morgan fingerprint density at radius 3 is 1.83 bits per heavy atom. The number of alkyl halides is 3. The molecule has 0 unspecified atom stereocenters. The summed E-state index contributed by atoms with van der Waals surface area (Å²) in [6.45, 7) is 0. The molecule has 0 heterocycles. The zero-order valence-corrected chi connectivity index (χ0v) is 12.7. The molecule has 0 aromatic heterocycles. The highest BCUT2D eigenvalue weighted by Gasteiger charge is 2.29. The maximum Gasteiger partial charge on any atom is 0.416 e. The second-order valence-electron chi connectivity index (χ2n) is 5.29. The highest BCUT2D eigenvalue weighted by Crippen LogP contribution is 2.29. The van der Waals surface area contributed by atoms with Crippen molar-refractivity contribution in [3.8, 4) is 11.1 Å². The first-order valence-electron chi connectivity index (χ1n) is 7.39. The number of halogens is 3. The number of benzene rings is 3. The predicted octanol–water partition coefficient (Wildman–Crippen LogP) is 6.12. The van der Waals surface area contributed by atoms with Crippen LogP contribution in [0.5, 0.6) is 0 Å². The molecule has 3 aromatic carbocycles. The van der Waals surface area contributed by atoms with Gasteiger partial charge in [0.2, 0.25) is 0 Å². The molecule has 0 aliphatic rings. The lowest BCUT2D eigenvalue weighted by Gasteiger charge is -2.05. The largest absolute Gasteiger partial charge is 0.416 e. The summed E-state index contributed by atoms with van der Waals surface area (Å²) in [4.78, 5) is 4.30. The molecule has 0 spiro atoms. The summed E-state index contributed by atoms with van der Waals surface area (Å²) < 4.78 is 37.5. The summed E-state index contributed by atoms with van der Waals surface area (Å²) >= 11 is 0. The van der Waals surface area contributed by atoms with Crippen molar-refractivity contribution in [3.63, 3.8) is 0 Å². The molecule has 0 bridgehead atoms. The van der Waals surface area contributed by atoms with Gasteiger partial charge in [-0.2, -0.15) is 13.2 Å². The van der Waals surface area contributed by atoms with E-state index in [2.05, 4.69) is 4.99 Å². The van der Waals surface area contributed by atoms with Gasteiger partial charge in [0.1, 0.15) is 0 Å². The molecule has 0 fully saturated rings. The van der Waals surface area contributed by atoms with Crippen molar-refractivity contribution >= 4 is 11.9 Å². The molecule has 1 nitrogen and oxygen atoms in total. The average molecular weight is 325 g/mol. The normalized spacial score (nSPS) is 11.8. The molecule has 24 heavy (non-hydrogen) atoms. The van der Waals surface area contributed by atoms with Gasteiger partial charge in [0, 0.05) is 6.21 Å². The van der Waals surface area contributed by atoms with Crippen LogP contribution in [0.15, 0.2) is 83.9 Å². The minimum atomic E-state index is -4.32. The van der Waals surface area contributed by atoms with Crippen LogP contribution < -0.4 is 0 Å². The van der Waals surface area contributed by atoms with E-state index in [4.69, 9.17) is 0 Å². The van der Waals surface area contributed by atoms with Crippen molar-refractivity contribution in [1.82, 2.24) is 0 Å². The monoisotopic (exact) mass is 325 g/mol. The molecule has 3 aromatic rings. The molecular formula is C20H14F3N. The van der Waals surface area contributed by atoms with Gasteiger partial charge < -0.3 is 0 Å². The Bertz CT molecular complexity index is 818. The summed E-state index contributed by atoms with van der Waals surface area (Å²) in [5, 5.41) is 0. The van der Waals surface area contributed by atoms with Gasteiger partial charge in [0.25, 0.3) is 0 Å². The van der Waals surface area contributed by atoms with E-state index in [-0.39, 0.29) is 0 Å². The zero-order chi connectivity index (χ0) is 17.0. The predicted molar refractivity (Wildman–Crippen MR) is 90.6 cm³/mol. The summed E-state index contributed by atoms with van der Waals surface area (Å²) in [6, 6.07) is 22.6. The molecule has 3 rings (SSSR count). The van der Waals surface area contributed by atoms with E-state index in [1.807, 2.05) is 54.6 Å². The van der Waals surface area contributed by atoms with Gasteiger partial charge in [0.05, 0.1) is 11.3 Å². The first-order valence-corrected chi connectivity index (χ1v) is 7.39. The van der Waals surface area contributed by atoms with Crippen molar-refractivity contribution < 1.29 is 13.2 Å². The summed E-state index contributed by atoms with van der Waals surface area (Å²) in [5.74, 6) is 0. The Balaban J connectivity index is 1.73. The zero-order valence-electron chi connectivity index (χ0n) is 12.7. The van der Waals surface area contributed by atoms with Crippen LogP contribution in [-0.4, -0.2) is 6.21 Å². The average Bonchev–Trinajstić information content (AvgIpc) is 2.61. The van der Waals surface area contributed by atoms with Gasteiger partial charge in [-0.1, -0.05) is 54.6 Å². The van der Waals surface area contributed by atoms with Gasteiger partial charge in [-0.25, -0.2) is 0 Å². The number of hydrogen-bond acceptors (Lipinski definition) is 1. The lowest BCUT2D eigenvalue weighted by atomic mass is 10.1. The van der Waals surface area contributed by atoms with E-state index >= 15 is 0 Å². The molecular weight excluding hydrogens is 311 g/mol. The minimum Gasteiger partial charge on any atom is -0.256 e. The molecule has 0 radical (unpaired) electrons. The van der Waals surface area contributed by atoms with Crippen LogP contribution in [0, 0.1) is 0 Å². The van der Waals surface area contributed by atoms with E-state index in [1.54, 1.807) is 6.21 Å². The van der Waals surface area contributed by atoms with E-state index < -0.39 is 11.7 Å². The van der Waals surface area contributed by atoms with Crippen LogP contribution in [0.2, 0.25) is 0 Å². The second-order valence-corrected chi connectivity index (χ2v) is 5.29. The van der Waals surface area contributed by atoms with Crippen molar-refractivity contribution in [2.24, 2.45) is 4.99 Å². The van der Waals surface area contributed by atoms with Crippen molar-refractivity contribution in [1.29, 1.82) is 0 Å². The lowest BCUT2D eigenvalue weighted by Crippen LogP contribution is -2.04. The van der Waals surface area contributed by atoms with Gasteiger partial charge in [-0.15, -0.1) is 0 Å². The van der Waals surface area contributed by atoms with Crippen molar-refractivity contribution in [3.05, 3.63) is 90.0 Å². The van der Waals surface area contributed by atoms with E-state index in [0.29, 0.717) is 5.56 Å². The second kappa shape index (κ2) is 6.71. The lowest BCUT2D eigenvalue weighted by molar-refractivity contribution is -0.137. The molecule has 0 saturated carbocycles. The van der Waals surface area contributed by atoms with Crippen LogP contribution in [0.3, 0.4) is 0 Å². The van der Waals surface area contributed by atoms with Crippen LogP contribution in [0.25, 0.3) is 11.1 Å². The Kier molecular flexibility index (Phi) is 4.47. The van der Waals surface area contributed by atoms with E-state index in [1.165, 1.54) is 12.1 Å². The Labute approximate surface area is 138 Å². The fourth-order valence-electron chi connectivity index (χ4n) is 2.28. The van der Waals surface area contributed by atoms with Crippen LogP contribution in [0.4, 0.5) is 18.9 Å². The molecule has 0 aliphatic carbocycles. The van der Waals surface area contributed by atoms with Crippen molar-refractivity contribution in [2.45, 2.75) is 6.18 Å². The highest BCUT2D eigenvalue weighted by molar-refractivity contribution is 5.82. The smallest absolute Gasteiger partial charge is 0.256 e. The molecule has 0 aliphatic heterocycles. The first-order chi connectivity index (χ1) is 11.5. The number of nitrogens with zero attached hydrogens (tertiary/aromatic N) is 1. The molecule has 0 saturated heterocycles. The highest BCUT2D eigenvalue weighted by atomic mass is 19.4. The van der Waals surface area contributed by atoms with Crippen LogP contribution >= 0.6 is 0 Å². The minimum absolute atomic E-state index is 0.620. The topological polar surface area (TPSA) is 12.4 Å². The van der Waals surface area contributed by atoms with Gasteiger partial charge in [-0.05, 0) is 41.0 Å². The van der Waals surface area contributed by atoms with E-state index in [0.717, 1.165) is 28.9 Å². The Morgan fingerprint density at radius 1 is 0.667 bits per heavy atom. The molecule has 0 N–H and O–H groups in total. The fourth-order valence-corrected chi connectivity index (χ4v) is 2.28. The van der Waals surface area contributed by atoms with Crippen molar-refractivity contribution in [2.75, 3.05) is 0 Å². The fraction of sp³-hybridized carbons (Fsp3) is 0.0500. The Hall–Kier alpha value is -2.88. The number of hydrogen-bond donors (Lipinski definition) is 0. The van der Waals surface area contributed by atoms with Gasteiger partial charge in [0.15, 0.2) is 0 Å². The third kappa shape index (κ3) is 3.90. The Morgan fingerprint density at radius 2 is 1.25 bits per heavy atom. The molecule has 0 amide bonds. The van der Waals surface area contributed by atoms with E-state index in [9.17, 15) is 13.2 Å². The first kappa shape index (κ1) is 16.0. The summed E-state index contributed by atoms with van der Waals surface area (Å²) in [6.07, 6.45) is -2.76. The van der Waals surface area contributed by atoms with Crippen LogP contribution in [0.1, 0.15) is 11.1 Å². The van der Waals surface area contributed by atoms with Crippen LogP contribution in [-0.2, 0) is 6.18 Å².